The van der Waals surface area contributed by atoms with Gasteiger partial charge in [-0.25, -0.2) is 0 Å². The van der Waals surface area contributed by atoms with Gasteiger partial charge in [-0.2, -0.15) is 0 Å². The maximum absolute atomic E-state index is 11.8. The zero-order valence-electron chi connectivity index (χ0n) is 8.21. The Bertz CT molecular complexity index is 513. The van der Waals surface area contributed by atoms with Gasteiger partial charge in [0.25, 0.3) is 0 Å². The minimum atomic E-state index is -0.0952. The van der Waals surface area contributed by atoms with Gasteiger partial charge in [-0.3, -0.25) is 9.69 Å². The third-order valence-corrected chi connectivity index (χ3v) is 4.48. The summed E-state index contributed by atoms with van der Waals surface area (Å²) in [4.78, 5) is 13.2. The van der Waals surface area contributed by atoms with Crippen LogP contribution in [0.2, 0.25) is 10.0 Å². The molecule has 1 amide bonds. The predicted molar refractivity (Wildman–Crippen MR) is 75.1 cm³/mol. The number of hydrogen-bond donors (Lipinski definition) is 0. The zero-order chi connectivity index (χ0) is 12.6. The molecule has 1 aliphatic heterocycles. The second-order valence-electron chi connectivity index (χ2n) is 3.18. The summed E-state index contributed by atoms with van der Waals surface area (Å²) in [6, 6.07) is 4.91. The molecule has 0 saturated carbocycles. The van der Waals surface area contributed by atoms with Crippen molar-refractivity contribution in [3.8, 4) is 0 Å². The molecule has 90 valence electrons. The Hall–Kier alpha value is -0.0600. The Balaban J connectivity index is 2.47. The van der Waals surface area contributed by atoms with E-state index in [0.29, 0.717) is 26.5 Å². The molecule has 7 heteroatoms. The van der Waals surface area contributed by atoms with Crippen molar-refractivity contribution in [2.24, 2.45) is 0 Å². The van der Waals surface area contributed by atoms with Crippen LogP contribution in [0.5, 0.6) is 0 Å². The van der Waals surface area contributed by atoms with Gasteiger partial charge in [0, 0.05) is 0 Å². The average molecular weight is 329 g/mol. The molecule has 0 aromatic heterocycles. The highest BCUT2D eigenvalue weighted by atomic mass is 35.5. The van der Waals surface area contributed by atoms with Crippen LogP contribution in [0, 0.1) is 0 Å². The van der Waals surface area contributed by atoms with Gasteiger partial charge < -0.3 is 0 Å². The van der Waals surface area contributed by atoms with Gasteiger partial charge in [-0.05, 0) is 18.2 Å². The Kier molecular flexibility index (Phi) is 4.16. The first kappa shape index (κ1) is 13.4. The maximum Gasteiger partial charge on any atom is 0.242 e. The van der Waals surface area contributed by atoms with E-state index in [2.05, 4.69) is 0 Å². The van der Waals surface area contributed by atoms with E-state index in [4.69, 9.17) is 46.4 Å². The van der Waals surface area contributed by atoms with E-state index in [0.717, 1.165) is 0 Å². The number of hydrogen-bond acceptors (Lipinski definition) is 2. The smallest absolute Gasteiger partial charge is 0.242 e. The fourth-order valence-electron chi connectivity index (χ4n) is 1.40. The third kappa shape index (κ3) is 2.69. The first-order valence-electron chi connectivity index (χ1n) is 4.47. The minimum Gasteiger partial charge on any atom is -0.273 e. The summed E-state index contributed by atoms with van der Waals surface area (Å²) in [6.45, 7) is 0. The first-order valence-corrected chi connectivity index (χ1v) is 6.96. The normalized spacial score (nSPS) is 15.6. The van der Waals surface area contributed by atoms with Gasteiger partial charge in [0.05, 0.1) is 21.5 Å². The Morgan fingerprint density at radius 2 is 1.94 bits per heavy atom. The molecule has 1 aromatic rings. The molecule has 0 atom stereocenters. The highest BCUT2D eigenvalue weighted by Gasteiger charge is 2.30. The molecule has 1 heterocycles. The molecule has 1 aromatic carbocycles. The van der Waals surface area contributed by atoms with E-state index in [1.54, 1.807) is 18.2 Å². The summed E-state index contributed by atoms with van der Waals surface area (Å²) in [6.07, 6.45) is 0. The van der Waals surface area contributed by atoms with E-state index in [9.17, 15) is 4.79 Å². The number of carbonyl (C=O) groups is 1. The van der Waals surface area contributed by atoms with Gasteiger partial charge in [-0.15, -0.1) is 0 Å². The number of anilines is 1. The van der Waals surface area contributed by atoms with E-state index in [-0.39, 0.29) is 10.4 Å². The summed E-state index contributed by atoms with van der Waals surface area (Å²) in [5.41, 5.74) is 0.600. The lowest BCUT2D eigenvalue weighted by atomic mass is 10.3. The highest BCUT2D eigenvalue weighted by Crippen LogP contribution is 2.39. The molecular formula is C10H5Cl4NOS. The number of amides is 1. The summed E-state index contributed by atoms with van der Waals surface area (Å²) in [5.74, 6) is 0.209. The quantitative estimate of drug-likeness (QED) is 0.746. The summed E-state index contributed by atoms with van der Waals surface area (Å²) < 4.78 is 0.0620. The average Bonchev–Trinajstić information content (AvgIpc) is 2.64. The van der Waals surface area contributed by atoms with Gasteiger partial charge >= 0.3 is 0 Å². The number of halogens is 4. The van der Waals surface area contributed by atoms with E-state index in [1.807, 2.05) is 0 Å². The van der Waals surface area contributed by atoms with Crippen molar-refractivity contribution < 1.29 is 4.79 Å². The molecule has 0 spiro atoms. The zero-order valence-corrected chi connectivity index (χ0v) is 12.1. The lowest BCUT2D eigenvalue weighted by molar-refractivity contribution is -0.115. The lowest BCUT2D eigenvalue weighted by Crippen LogP contribution is -2.23. The van der Waals surface area contributed by atoms with Crippen LogP contribution in [-0.2, 0) is 4.79 Å². The summed E-state index contributed by atoms with van der Waals surface area (Å²) >= 11 is 24.5. The van der Waals surface area contributed by atoms with Gasteiger partial charge in [-0.1, -0.05) is 58.2 Å². The molecule has 2 rings (SSSR count). The molecular weight excluding hydrogens is 324 g/mol. The van der Waals surface area contributed by atoms with Crippen LogP contribution in [0.3, 0.4) is 0 Å². The Labute approximate surface area is 122 Å². The van der Waals surface area contributed by atoms with Gasteiger partial charge in [0.2, 0.25) is 5.91 Å². The van der Waals surface area contributed by atoms with Gasteiger partial charge in [0.15, 0.2) is 0 Å². The van der Waals surface area contributed by atoms with Crippen molar-refractivity contribution in [2.75, 3.05) is 10.7 Å². The van der Waals surface area contributed by atoms with E-state index >= 15 is 0 Å². The van der Waals surface area contributed by atoms with Crippen LogP contribution in [0.25, 0.3) is 0 Å². The van der Waals surface area contributed by atoms with Crippen molar-refractivity contribution in [3.63, 3.8) is 0 Å². The topological polar surface area (TPSA) is 20.3 Å². The second kappa shape index (κ2) is 5.29. The summed E-state index contributed by atoms with van der Waals surface area (Å²) in [7, 11) is 0. The SMILES string of the molecule is O=C1CSC(=C(Cl)Cl)N1c1ccc(Cl)c(Cl)c1. The van der Waals surface area contributed by atoms with Crippen LogP contribution in [0.4, 0.5) is 5.69 Å². The molecule has 0 aliphatic carbocycles. The van der Waals surface area contributed by atoms with Crippen molar-refractivity contribution in [1.82, 2.24) is 0 Å². The number of thioether (sulfide) groups is 1. The fourth-order valence-corrected chi connectivity index (χ4v) is 3.02. The third-order valence-electron chi connectivity index (χ3n) is 2.11. The largest absolute Gasteiger partial charge is 0.273 e. The second-order valence-corrected chi connectivity index (χ2v) is 5.91. The number of nitrogens with zero attached hydrogens (tertiary/aromatic N) is 1. The molecule has 0 radical (unpaired) electrons. The monoisotopic (exact) mass is 327 g/mol. The molecule has 1 fully saturated rings. The standard InChI is InChI=1S/C10H5Cl4NOS/c11-6-2-1-5(3-7(6)12)15-8(16)4-17-10(15)9(13)14/h1-3H,4H2. The van der Waals surface area contributed by atoms with Crippen LogP contribution >= 0.6 is 58.2 Å². The first-order chi connectivity index (χ1) is 8.00. The van der Waals surface area contributed by atoms with Crippen molar-refractivity contribution >= 4 is 69.8 Å². The van der Waals surface area contributed by atoms with Gasteiger partial charge in [0.1, 0.15) is 9.52 Å². The molecule has 0 bridgehead atoms. The molecule has 2 nitrogen and oxygen atoms in total. The maximum atomic E-state index is 11.8. The van der Waals surface area contributed by atoms with Crippen LogP contribution in [0.15, 0.2) is 27.7 Å². The minimum absolute atomic E-state index is 0.0620. The Morgan fingerprint density at radius 1 is 1.24 bits per heavy atom. The van der Waals surface area contributed by atoms with Crippen LogP contribution in [-0.4, -0.2) is 11.7 Å². The molecule has 17 heavy (non-hydrogen) atoms. The lowest BCUT2D eigenvalue weighted by Gasteiger charge is -2.17. The number of carbonyl (C=O) groups excluding carboxylic acids is 1. The van der Waals surface area contributed by atoms with Crippen molar-refractivity contribution in [1.29, 1.82) is 0 Å². The van der Waals surface area contributed by atoms with Crippen LogP contribution < -0.4 is 4.90 Å². The molecule has 1 aliphatic rings. The summed E-state index contributed by atoms with van der Waals surface area (Å²) in [5, 5.41) is 1.31. The molecule has 0 N–H and O–H groups in total. The fraction of sp³-hybridized carbons (Fsp3) is 0.100. The Morgan fingerprint density at radius 3 is 2.53 bits per heavy atom. The predicted octanol–water partition coefficient (Wildman–Crippen LogP) is 4.68. The number of rotatable bonds is 1. The molecule has 1 saturated heterocycles. The number of benzene rings is 1. The van der Waals surface area contributed by atoms with E-state index in [1.165, 1.54) is 16.7 Å². The van der Waals surface area contributed by atoms with Crippen molar-refractivity contribution in [2.45, 2.75) is 0 Å². The highest BCUT2D eigenvalue weighted by molar-refractivity contribution is 8.04. The van der Waals surface area contributed by atoms with Crippen LogP contribution in [0.1, 0.15) is 0 Å². The van der Waals surface area contributed by atoms with Crippen molar-refractivity contribution in [3.05, 3.63) is 37.8 Å². The van der Waals surface area contributed by atoms with E-state index < -0.39 is 0 Å². The molecule has 0 unspecified atom stereocenters.